The second-order valence-corrected chi connectivity index (χ2v) is 24.9. The van der Waals surface area contributed by atoms with Crippen molar-refractivity contribution in [3.8, 4) is 46.0 Å². The van der Waals surface area contributed by atoms with E-state index in [9.17, 15) is 70.2 Å². The number of benzene rings is 4. The first kappa shape index (κ1) is 84.1. The third-order valence-electron chi connectivity index (χ3n) is 18.3. The van der Waals surface area contributed by atoms with E-state index in [0.717, 1.165) is 26.2 Å². The van der Waals surface area contributed by atoms with Crippen LogP contribution in [0.2, 0.25) is 0 Å². The Kier molecular flexibility index (Phi) is 34.2. The van der Waals surface area contributed by atoms with E-state index in [2.05, 4.69) is 9.80 Å². The van der Waals surface area contributed by atoms with E-state index < -0.39 is 91.9 Å². The van der Waals surface area contributed by atoms with Gasteiger partial charge in [0, 0.05) is 117 Å². The number of phenolic OH excluding ortho intramolecular Hbond substituents is 2. The summed E-state index contributed by atoms with van der Waals surface area (Å²) in [6, 6.07) is 11.7. The molecule has 10 atom stereocenters. The molecule has 4 aliphatic rings. The topological polar surface area (TPSA) is 413 Å². The highest BCUT2D eigenvalue weighted by molar-refractivity contribution is 6.14. The zero-order valence-corrected chi connectivity index (χ0v) is 60.4. The molecule has 32 nitrogen and oxygen atoms in total. The summed E-state index contributed by atoms with van der Waals surface area (Å²) in [6.07, 6.45) is -16.4. The zero-order chi connectivity index (χ0) is 75.6. The Hall–Kier alpha value is -7.16. The molecule has 4 saturated heterocycles. The SMILES string of the molecule is CCc1c(O)cc(O[C@@H]2O[C@H](CO)[C@H](O)[C@H](O)[C@H]2O)c(C(=O)c2ccc(OCCN3CCOCC3)c(OC)c2)c1CC(=O)N(CCOC)CCOC.CCc1c(O[C@@H]2O[C@H](CO)[C@H](O)[C@H](O)[C@H]2O)cc(O)c(C(=O)c2ccc(OCCN3CCOCC3)c(OC)c2)c1CC(=O)N(CCOC)CCOC. The monoisotopic (exact) mass is 1470 g/mol. The Bertz CT molecular complexity index is 3320. The molecule has 2 amide bonds. The highest BCUT2D eigenvalue weighted by Crippen LogP contribution is 2.42. The summed E-state index contributed by atoms with van der Waals surface area (Å²) in [6.45, 7) is 12.0. The van der Waals surface area contributed by atoms with Crippen LogP contribution in [0.3, 0.4) is 0 Å². The van der Waals surface area contributed by atoms with E-state index in [1.165, 1.54) is 76.7 Å². The van der Waals surface area contributed by atoms with E-state index >= 15 is 0 Å². The lowest BCUT2D eigenvalue weighted by atomic mass is 9.89. The number of aliphatic hydroxyl groups is 8. The fraction of sp³-hybridized carbons (Fsp3) is 0.611. The average Bonchev–Trinajstić information content (AvgIpc) is 0.772. The Morgan fingerprint density at radius 2 is 0.837 bits per heavy atom. The van der Waals surface area contributed by atoms with Crippen LogP contribution in [0.5, 0.6) is 46.0 Å². The van der Waals surface area contributed by atoms with Crippen LogP contribution in [0, 0.1) is 0 Å². The number of morpholine rings is 2. The fourth-order valence-corrected chi connectivity index (χ4v) is 12.3. The van der Waals surface area contributed by atoms with E-state index in [0.29, 0.717) is 81.1 Å². The number of methoxy groups -OCH3 is 6. The van der Waals surface area contributed by atoms with Crippen LogP contribution in [0.25, 0.3) is 0 Å². The lowest BCUT2D eigenvalue weighted by Crippen LogP contribution is -2.60. The van der Waals surface area contributed by atoms with Gasteiger partial charge in [-0.1, -0.05) is 13.8 Å². The minimum atomic E-state index is -1.81. The van der Waals surface area contributed by atoms with Crippen LogP contribution in [0.15, 0.2) is 48.5 Å². The third kappa shape index (κ3) is 22.0. The van der Waals surface area contributed by atoms with Gasteiger partial charge >= 0.3 is 0 Å². The highest BCUT2D eigenvalue weighted by atomic mass is 16.7. The molecule has 32 heteroatoms. The molecule has 580 valence electrons. The van der Waals surface area contributed by atoms with Gasteiger partial charge in [0.2, 0.25) is 24.4 Å². The van der Waals surface area contributed by atoms with Gasteiger partial charge in [0.25, 0.3) is 0 Å². The van der Waals surface area contributed by atoms with Crippen molar-refractivity contribution in [3.05, 3.63) is 93.0 Å². The lowest BCUT2D eigenvalue weighted by molar-refractivity contribution is -0.277. The number of ketones is 2. The molecule has 0 radical (unpaired) electrons. The van der Waals surface area contributed by atoms with Crippen molar-refractivity contribution in [2.75, 3.05) is 187 Å². The number of rotatable bonds is 38. The predicted molar refractivity (Wildman–Crippen MR) is 370 cm³/mol. The molecule has 4 heterocycles. The van der Waals surface area contributed by atoms with Crippen molar-refractivity contribution in [2.45, 2.75) is 101 Å². The molecule has 4 aromatic carbocycles. The Balaban J connectivity index is 0.000000291. The second kappa shape index (κ2) is 42.3. The van der Waals surface area contributed by atoms with Crippen LogP contribution in [0.4, 0.5) is 0 Å². The fourth-order valence-electron chi connectivity index (χ4n) is 12.3. The van der Waals surface area contributed by atoms with E-state index in [1.54, 1.807) is 38.1 Å². The minimum absolute atomic E-state index is 0.0365. The molecule has 0 aliphatic carbocycles. The summed E-state index contributed by atoms with van der Waals surface area (Å²) in [5, 5.41) is 105. The predicted octanol–water partition coefficient (Wildman–Crippen LogP) is -0.504. The van der Waals surface area contributed by atoms with Gasteiger partial charge < -0.3 is 127 Å². The van der Waals surface area contributed by atoms with Crippen molar-refractivity contribution in [2.24, 2.45) is 0 Å². The van der Waals surface area contributed by atoms with Gasteiger partial charge in [0.05, 0.1) is 104 Å². The molecular formula is C72H104N4O28. The Morgan fingerprint density at radius 1 is 0.452 bits per heavy atom. The van der Waals surface area contributed by atoms with Crippen LogP contribution < -0.4 is 28.4 Å². The van der Waals surface area contributed by atoms with Gasteiger partial charge in [-0.2, -0.15) is 0 Å². The zero-order valence-electron chi connectivity index (χ0n) is 60.4. The van der Waals surface area contributed by atoms with E-state index in [-0.39, 0.29) is 146 Å². The summed E-state index contributed by atoms with van der Waals surface area (Å²) in [5.74, 6) is -1.68. The summed E-state index contributed by atoms with van der Waals surface area (Å²) >= 11 is 0. The maximum absolute atomic E-state index is 14.6. The number of carbonyl (C=O) groups is 4. The number of aromatic hydroxyl groups is 2. The molecule has 0 saturated carbocycles. The number of ether oxygens (including phenoxy) is 14. The summed E-state index contributed by atoms with van der Waals surface area (Å²) in [5.41, 5.74) is 1.03. The second-order valence-electron chi connectivity index (χ2n) is 24.9. The van der Waals surface area contributed by atoms with Crippen molar-refractivity contribution in [1.82, 2.24) is 19.6 Å². The molecular weight excluding hydrogens is 1370 g/mol. The van der Waals surface area contributed by atoms with Crippen LogP contribution in [-0.4, -0.2) is 343 Å². The van der Waals surface area contributed by atoms with Crippen molar-refractivity contribution < 1.29 is 137 Å². The normalized spacial score (nSPS) is 22.2. The summed E-state index contributed by atoms with van der Waals surface area (Å²) in [7, 11) is 8.94. The first-order chi connectivity index (χ1) is 50.1. The number of aliphatic hydroxyl groups excluding tert-OH is 8. The molecule has 0 unspecified atom stereocenters. The third-order valence-corrected chi connectivity index (χ3v) is 18.3. The first-order valence-electron chi connectivity index (χ1n) is 34.7. The maximum atomic E-state index is 14.6. The summed E-state index contributed by atoms with van der Waals surface area (Å²) < 4.78 is 77.9. The lowest BCUT2D eigenvalue weighted by Gasteiger charge is -2.40. The van der Waals surface area contributed by atoms with Gasteiger partial charge in [-0.3, -0.25) is 29.0 Å². The van der Waals surface area contributed by atoms with Gasteiger partial charge in [-0.15, -0.1) is 0 Å². The molecule has 10 N–H and O–H groups in total. The number of hydrogen-bond donors (Lipinski definition) is 10. The minimum Gasteiger partial charge on any atom is -0.508 e. The molecule has 4 aromatic rings. The quantitative estimate of drug-likeness (QED) is 0.0253. The first-order valence-corrected chi connectivity index (χ1v) is 34.7. The number of phenols is 2. The number of carbonyl (C=O) groups excluding carboxylic acids is 4. The van der Waals surface area contributed by atoms with Gasteiger partial charge in [0.1, 0.15) is 85.0 Å². The maximum Gasteiger partial charge on any atom is 0.229 e. The molecule has 0 bridgehead atoms. The van der Waals surface area contributed by atoms with Crippen LogP contribution in [0.1, 0.15) is 67.9 Å². The van der Waals surface area contributed by atoms with Crippen LogP contribution in [-0.2, 0) is 73.2 Å². The van der Waals surface area contributed by atoms with Crippen molar-refractivity contribution >= 4 is 23.4 Å². The van der Waals surface area contributed by atoms with E-state index in [1.807, 2.05) is 0 Å². The molecule has 0 aromatic heterocycles. The van der Waals surface area contributed by atoms with E-state index in [4.69, 9.17) is 66.3 Å². The van der Waals surface area contributed by atoms with Gasteiger partial charge in [0.15, 0.2) is 34.6 Å². The van der Waals surface area contributed by atoms with Crippen molar-refractivity contribution in [1.29, 1.82) is 0 Å². The smallest absolute Gasteiger partial charge is 0.229 e. The molecule has 104 heavy (non-hydrogen) atoms. The molecule has 4 aliphatic heterocycles. The Labute approximate surface area is 604 Å². The standard InChI is InChI=1S/2C36H52N2O14/c1-5-23-24(19-30(41)38(11-13-46-2)12-14-47-3)31(25(40)20-27(23)51-36-35(45)34(44)33(43)29(21-39)52-36)32(42)22-6-7-26(28(18-22)48-4)50-17-10-37-8-15-49-16-9-37;1-5-23-24(19-30(41)38(11-13-46-2)12-14-47-3)31(28(20-25(23)40)51-36-35(45)34(44)33(43)29(21-39)52-36)32(42)22-6-7-26(27(18-22)48-4)50-17-10-37-8-15-49-16-9-37/h2*6-7,18,20,29,33-36,39-40,43-45H,5,8-17,19,21H2,1-4H3/t2*29-,33+,34+,35-,36-/m11/s1. The van der Waals surface area contributed by atoms with Gasteiger partial charge in [-0.25, -0.2) is 0 Å². The average molecular weight is 1470 g/mol. The molecule has 8 rings (SSSR count). The number of nitrogens with zero attached hydrogens (tertiary/aromatic N) is 4. The summed E-state index contributed by atoms with van der Waals surface area (Å²) in [4.78, 5) is 64.2. The van der Waals surface area contributed by atoms with Gasteiger partial charge in [-0.05, 0) is 71.5 Å². The Morgan fingerprint density at radius 3 is 1.22 bits per heavy atom. The largest absolute Gasteiger partial charge is 0.508 e. The number of hydrogen-bond acceptors (Lipinski definition) is 30. The molecule has 4 fully saturated rings. The highest BCUT2D eigenvalue weighted by Gasteiger charge is 2.47. The van der Waals surface area contributed by atoms with Crippen molar-refractivity contribution in [3.63, 3.8) is 0 Å². The van der Waals surface area contributed by atoms with Crippen LogP contribution >= 0.6 is 0 Å². The molecule has 0 spiro atoms. The number of amides is 2.